The molecule has 0 unspecified atom stereocenters. The Kier molecular flexibility index (Phi) is 4.72. The molecule has 1 aromatic rings. The van der Waals surface area contributed by atoms with Crippen molar-refractivity contribution in [3.8, 4) is 0 Å². The van der Waals surface area contributed by atoms with Crippen LogP contribution >= 0.6 is 15.9 Å². The molecule has 1 saturated carbocycles. The average molecular weight is 316 g/mol. The van der Waals surface area contributed by atoms with Crippen molar-refractivity contribution < 1.29 is 13.9 Å². The van der Waals surface area contributed by atoms with Crippen molar-refractivity contribution in [2.75, 3.05) is 19.8 Å². The van der Waals surface area contributed by atoms with Gasteiger partial charge in [0.1, 0.15) is 5.82 Å². The summed E-state index contributed by atoms with van der Waals surface area (Å²) >= 11 is 3.22. The van der Waals surface area contributed by atoms with Gasteiger partial charge in [0.15, 0.2) is 0 Å². The standard InChI is InChI=1S/C13H15BrFNO2/c14-12-4-3-10(15)7-11(12)13(17)16-5-6-18-8-9-1-2-9/h3-4,7,9H,1-2,5-6,8H2,(H,16,17). The van der Waals surface area contributed by atoms with E-state index in [2.05, 4.69) is 21.2 Å². The highest BCUT2D eigenvalue weighted by Gasteiger charge is 2.20. The Morgan fingerprint density at radius 1 is 1.50 bits per heavy atom. The van der Waals surface area contributed by atoms with E-state index in [0.717, 1.165) is 12.5 Å². The largest absolute Gasteiger partial charge is 0.379 e. The lowest BCUT2D eigenvalue weighted by molar-refractivity contribution is 0.0905. The zero-order valence-corrected chi connectivity index (χ0v) is 11.5. The fourth-order valence-corrected chi connectivity index (χ4v) is 1.96. The van der Waals surface area contributed by atoms with Crippen LogP contribution in [0.5, 0.6) is 0 Å². The molecule has 1 amide bonds. The van der Waals surface area contributed by atoms with Gasteiger partial charge in [-0.25, -0.2) is 4.39 Å². The van der Waals surface area contributed by atoms with Crippen LogP contribution in [0, 0.1) is 11.7 Å². The van der Waals surface area contributed by atoms with E-state index >= 15 is 0 Å². The zero-order valence-electron chi connectivity index (χ0n) is 9.92. The maximum absolute atomic E-state index is 13.0. The maximum Gasteiger partial charge on any atom is 0.252 e. The lowest BCUT2D eigenvalue weighted by Crippen LogP contribution is -2.27. The highest BCUT2D eigenvalue weighted by atomic mass is 79.9. The molecule has 1 fully saturated rings. The molecule has 1 N–H and O–H groups in total. The van der Waals surface area contributed by atoms with Crippen LogP contribution in [0.1, 0.15) is 23.2 Å². The van der Waals surface area contributed by atoms with E-state index in [1.807, 2.05) is 0 Å². The molecule has 5 heteroatoms. The number of carbonyl (C=O) groups is 1. The van der Waals surface area contributed by atoms with Crippen LogP contribution in [0.3, 0.4) is 0 Å². The Bertz CT molecular complexity index is 435. The highest BCUT2D eigenvalue weighted by molar-refractivity contribution is 9.10. The molecule has 1 aromatic carbocycles. The van der Waals surface area contributed by atoms with Crippen LogP contribution < -0.4 is 5.32 Å². The monoisotopic (exact) mass is 315 g/mol. The normalized spacial score (nSPS) is 14.6. The van der Waals surface area contributed by atoms with Crippen LogP contribution in [0.4, 0.5) is 4.39 Å². The number of hydrogen-bond acceptors (Lipinski definition) is 2. The molecule has 1 aliphatic carbocycles. The van der Waals surface area contributed by atoms with Gasteiger partial charge in [0, 0.05) is 17.6 Å². The van der Waals surface area contributed by atoms with Crippen LogP contribution in [0.25, 0.3) is 0 Å². The minimum Gasteiger partial charge on any atom is -0.379 e. The molecule has 0 heterocycles. The minimum atomic E-state index is -0.423. The van der Waals surface area contributed by atoms with E-state index in [0.29, 0.717) is 23.2 Å². The van der Waals surface area contributed by atoms with E-state index in [4.69, 9.17) is 4.74 Å². The predicted octanol–water partition coefficient (Wildman–Crippen LogP) is 2.74. The summed E-state index contributed by atoms with van der Waals surface area (Å²) < 4.78 is 19.0. The molecule has 0 saturated heterocycles. The summed E-state index contributed by atoms with van der Waals surface area (Å²) in [6, 6.07) is 4.04. The number of nitrogens with one attached hydrogen (secondary N) is 1. The summed E-state index contributed by atoms with van der Waals surface area (Å²) in [6.45, 7) is 1.71. The number of hydrogen-bond donors (Lipinski definition) is 1. The second kappa shape index (κ2) is 6.29. The molecule has 18 heavy (non-hydrogen) atoms. The van der Waals surface area contributed by atoms with Crippen LogP contribution in [-0.2, 0) is 4.74 Å². The third kappa shape index (κ3) is 4.07. The van der Waals surface area contributed by atoms with Crippen molar-refractivity contribution in [3.63, 3.8) is 0 Å². The Hall–Kier alpha value is -0.940. The SMILES string of the molecule is O=C(NCCOCC1CC1)c1cc(F)ccc1Br. The minimum absolute atomic E-state index is 0.295. The van der Waals surface area contributed by atoms with Crippen LogP contribution in [0.15, 0.2) is 22.7 Å². The Labute approximate surface area is 114 Å². The molecular formula is C13H15BrFNO2. The molecule has 0 radical (unpaired) electrons. The van der Waals surface area contributed by atoms with Gasteiger partial charge < -0.3 is 10.1 Å². The number of ether oxygens (including phenoxy) is 1. The first-order valence-corrected chi connectivity index (χ1v) is 6.77. The second-order valence-corrected chi connectivity index (χ2v) is 5.25. The van der Waals surface area contributed by atoms with E-state index in [1.165, 1.54) is 31.0 Å². The fourth-order valence-electron chi connectivity index (χ4n) is 1.54. The highest BCUT2D eigenvalue weighted by Crippen LogP contribution is 2.28. The third-order valence-electron chi connectivity index (χ3n) is 2.76. The van der Waals surface area contributed by atoms with Crippen LogP contribution in [-0.4, -0.2) is 25.7 Å². The van der Waals surface area contributed by atoms with Crippen LogP contribution in [0.2, 0.25) is 0 Å². The second-order valence-electron chi connectivity index (χ2n) is 4.40. The van der Waals surface area contributed by atoms with Gasteiger partial charge in [-0.05, 0) is 52.9 Å². The van der Waals surface area contributed by atoms with Crippen molar-refractivity contribution in [1.82, 2.24) is 5.32 Å². The molecule has 0 bridgehead atoms. The average Bonchev–Trinajstić information content (AvgIpc) is 3.15. The van der Waals surface area contributed by atoms with Gasteiger partial charge in [0.25, 0.3) is 5.91 Å². The first-order chi connectivity index (χ1) is 8.66. The Morgan fingerprint density at radius 2 is 2.28 bits per heavy atom. The molecule has 0 aromatic heterocycles. The zero-order chi connectivity index (χ0) is 13.0. The van der Waals surface area contributed by atoms with E-state index in [-0.39, 0.29) is 5.91 Å². The lowest BCUT2D eigenvalue weighted by atomic mass is 10.2. The first-order valence-electron chi connectivity index (χ1n) is 5.98. The lowest BCUT2D eigenvalue weighted by Gasteiger charge is -2.07. The number of amides is 1. The molecule has 0 aliphatic heterocycles. The van der Waals surface area contributed by atoms with Gasteiger partial charge in [0.05, 0.1) is 12.2 Å². The number of benzene rings is 1. The molecule has 3 nitrogen and oxygen atoms in total. The Morgan fingerprint density at radius 3 is 3.00 bits per heavy atom. The van der Waals surface area contributed by atoms with Gasteiger partial charge in [-0.1, -0.05) is 0 Å². The Balaban J connectivity index is 1.74. The quantitative estimate of drug-likeness (QED) is 0.820. The molecule has 98 valence electrons. The molecule has 0 atom stereocenters. The van der Waals surface area contributed by atoms with Gasteiger partial charge in [-0.2, -0.15) is 0 Å². The summed E-state index contributed by atoms with van der Waals surface area (Å²) in [6.07, 6.45) is 2.51. The number of halogens is 2. The fraction of sp³-hybridized carbons (Fsp3) is 0.462. The molecule has 0 spiro atoms. The predicted molar refractivity (Wildman–Crippen MR) is 70.0 cm³/mol. The van der Waals surface area contributed by atoms with Crippen molar-refractivity contribution in [1.29, 1.82) is 0 Å². The number of rotatable bonds is 6. The van der Waals surface area contributed by atoms with Gasteiger partial charge in [-0.15, -0.1) is 0 Å². The van der Waals surface area contributed by atoms with Gasteiger partial charge in [0.2, 0.25) is 0 Å². The van der Waals surface area contributed by atoms with E-state index in [1.54, 1.807) is 0 Å². The number of carbonyl (C=O) groups excluding carboxylic acids is 1. The van der Waals surface area contributed by atoms with E-state index < -0.39 is 5.82 Å². The van der Waals surface area contributed by atoms with E-state index in [9.17, 15) is 9.18 Å². The third-order valence-corrected chi connectivity index (χ3v) is 3.45. The maximum atomic E-state index is 13.0. The van der Waals surface area contributed by atoms with Crippen molar-refractivity contribution >= 4 is 21.8 Å². The van der Waals surface area contributed by atoms with Crippen molar-refractivity contribution in [2.45, 2.75) is 12.8 Å². The van der Waals surface area contributed by atoms with Crippen molar-refractivity contribution in [2.24, 2.45) is 5.92 Å². The first kappa shape index (κ1) is 13.5. The van der Waals surface area contributed by atoms with Gasteiger partial charge >= 0.3 is 0 Å². The summed E-state index contributed by atoms with van der Waals surface area (Å²) in [5, 5.41) is 2.70. The topological polar surface area (TPSA) is 38.3 Å². The van der Waals surface area contributed by atoms with Crippen molar-refractivity contribution in [3.05, 3.63) is 34.1 Å². The summed E-state index contributed by atoms with van der Waals surface area (Å²) in [4.78, 5) is 11.8. The molecule has 1 aliphatic rings. The smallest absolute Gasteiger partial charge is 0.252 e. The molecule has 2 rings (SSSR count). The summed E-state index contributed by atoms with van der Waals surface area (Å²) in [5.74, 6) is 0.00259. The molecular weight excluding hydrogens is 301 g/mol. The summed E-state index contributed by atoms with van der Waals surface area (Å²) in [7, 11) is 0. The summed E-state index contributed by atoms with van der Waals surface area (Å²) in [5.41, 5.74) is 0.303. The van der Waals surface area contributed by atoms with Gasteiger partial charge in [-0.3, -0.25) is 4.79 Å².